The molecule has 1 aromatic rings. The zero-order valence-corrected chi connectivity index (χ0v) is 10.4. The van der Waals surface area contributed by atoms with Crippen molar-refractivity contribution in [1.82, 2.24) is 15.1 Å². The molecule has 2 rings (SSSR count). The van der Waals surface area contributed by atoms with E-state index in [2.05, 4.69) is 23.4 Å². The number of aromatic nitrogens is 2. The van der Waals surface area contributed by atoms with E-state index in [0.717, 1.165) is 18.4 Å². The Bertz CT molecular complexity index is 315. The molecule has 1 heterocycles. The van der Waals surface area contributed by atoms with E-state index in [-0.39, 0.29) is 0 Å². The topological polar surface area (TPSA) is 29.9 Å². The van der Waals surface area contributed by atoms with Crippen molar-refractivity contribution in [2.75, 3.05) is 6.54 Å². The van der Waals surface area contributed by atoms with Crippen LogP contribution < -0.4 is 5.32 Å². The fourth-order valence-corrected chi connectivity index (χ4v) is 2.01. The average Bonchev–Trinajstić information content (AvgIpc) is 2.99. The molecule has 0 saturated heterocycles. The second-order valence-electron chi connectivity index (χ2n) is 5.11. The third kappa shape index (κ3) is 3.63. The van der Waals surface area contributed by atoms with Gasteiger partial charge in [-0.3, -0.25) is 4.68 Å². The quantitative estimate of drug-likeness (QED) is 0.764. The summed E-state index contributed by atoms with van der Waals surface area (Å²) in [6.45, 7) is 3.54. The van der Waals surface area contributed by atoms with Gasteiger partial charge in [-0.25, -0.2) is 0 Å². The molecule has 1 unspecified atom stereocenters. The number of nitrogens with zero attached hydrogens (tertiary/aromatic N) is 2. The molecule has 3 heteroatoms. The summed E-state index contributed by atoms with van der Waals surface area (Å²) in [5, 5.41) is 7.77. The van der Waals surface area contributed by atoms with Crippen LogP contribution in [0.4, 0.5) is 0 Å². The van der Waals surface area contributed by atoms with Crippen molar-refractivity contribution in [2.45, 2.75) is 45.1 Å². The van der Waals surface area contributed by atoms with E-state index in [1.54, 1.807) is 0 Å². The fraction of sp³-hybridized carbons (Fsp3) is 0.769. The minimum Gasteiger partial charge on any atom is -0.314 e. The van der Waals surface area contributed by atoms with Gasteiger partial charge in [0.15, 0.2) is 0 Å². The third-order valence-corrected chi connectivity index (χ3v) is 3.46. The van der Waals surface area contributed by atoms with Crippen LogP contribution in [0.1, 0.15) is 38.3 Å². The standard InChI is InChI=1S/C13H23N3/c1-11(7-9-14-12-4-5-12)3-6-13-8-10-15-16(13)2/h8,10-12,14H,3-7,9H2,1-2H3. The highest BCUT2D eigenvalue weighted by atomic mass is 15.2. The largest absolute Gasteiger partial charge is 0.314 e. The molecule has 1 N–H and O–H groups in total. The molecule has 16 heavy (non-hydrogen) atoms. The molecule has 0 amide bonds. The van der Waals surface area contributed by atoms with E-state index >= 15 is 0 Å². The first-order chi connectivity index (χ1) is 7.75. The lowest BCUT2D eigenvalue weighted by Gasteiger charge is -2.11. The van der Waals surface area contributed by atoms with Crippen molar-refractivity contribution in [3.05, 3.63) is 18.0 Å². The molecule has 0 bridgehead atoms. The van der Waals surface area contributed by atoms with Gasteiger partial charge in [-0.15, -0.1) is 0 Å². The van der Waals surface area contributed by atoms with Crippen molar-refractivity contribution < 1.29 is 0 Å². The molecule has 1 atom stereocenters. The monoisotopic (exact) mass is 221 g/mol. The van der Waals surface area contributed by atoms with Gasteiger partial charge >= 0.3 is 0 Å². The Morgan fingerprint density at radius 1 is 1.50 bits per heavy atom. The second-order valence-corrected chi connectivity index (χ2v) is 5.11. The van der Waals surface area contributed by atoms with Crippen molar-refractivity contribution in [1.29, 1.82) is 0 Å². The number of nitrogens with one attached hydrogen (secondary N) is 1. The molecule has 0 aromatic carbocycles. The lowest BCUT2D eigenvalue weighted by Crippen LogP contribution is -2.19. The van der Waals surface area contributed by atoms with Crippen LogP contribution in [0.2, 0.25) is 0 Å². The van der Waals surface area contributed by atoms with Crippen LogP contribution in [0.5, 0.6) is 0 Å². The molecule has 1 aromatic heterocycles. The Balaban J connectivity index is 1.59. The lowest BCUT2D eigenvalue weighted by molar-refractivity contribution is 0.463. The summed E-state index contributed by atoms with van der Waals surface area (Å²) in [7, 11) is 2.02. The zero-order chi connectivity index (χ0) is 11.4. The van der Waals surface area contributed by atoms with Crippen molar-refractivity contribution >= 4 is 0 Å². The van der Waals surface area contributed by atoms with Crippen LogP contribution >= 0.6 is 0 Å². The summed E-state index contributed by atoms with van der Waals surface area (Å²) in [4.78, 5) is 0. The normalized spacial score (nSPS) is 17.6. The highest BCUT2D eigenvalue weighted by Crippen LogP contribution is 2.19. The van der Waals surface area contributed by atoms with Crippen molar-refractivity contribution in [3.63, 3.8) is 0 Å². The van der Waals surface area contributed by atoms with Gasteiger partial charge in [0.2, 0.25) is 0 Å². The van der Waals surface area contributed by atoms with Crippen LogP contribution in [0, 0.1) is 5.92 Å². The smallest absolute Gasteiger partial charge is 0.0492 e. The molecule has 1 fully saturated rings. The highest BCUT2D eigenvalue weighted by molar-refractivity contribution is 4.99. The van der Waals surface area contributed by atoms with Crippen LogP contribution in [0.15, 0.2) is 12.3 Å². The van der Waals surface area contributed by atoms with E-state index in [9.17, 15) is 0 Å². The first-order valence-corrected chi connectivity index (χ1v) is 6.46. The molecule has 1 aliphatic carbocycles. The summed E-state index contributed by atoms with van der Waals surface area (Å²) >= 11 is 0. The maximum Gasteiger partial charge on any atom is 0.0492 e. The van der Waals surface area contributed by atoms with Gasteiger partial charge in [0.25, 0.3) is 0 Å². The third-order valence-electron chi connectivity index (χ3n) is 3.46. The summed E-state index contributed by atoms with van der Waals surface area (Å²) in [6.07, 6.45) is 8.39. The predicted octanol–water partition coefficient (Wildman–Crippen LogP) is 2.13. The molecular formula is C13H23N3. The fourth-order valence-electron chi connectivity index (χ4n) is 2.01. The Hall–Kier alpha value is -0.830. The molecular weight excluding hydrogens is 198 g/mol. The molecule has 90 valence electrons. The SMILES string of the molecule is CC(CCNC1CC1)CCc1ccnn1C. The summed E-state index contributed by atoms with van der Waals surface area (Å²) in [6, 6.07) is 2.97. The van der Waals surface area contributed by atoms with Crippen LogP contribution in [-0.4, -0.2) is 22.4 Å². The van der Waals surface area contributed by atoms with Crippen LogP contribution in [-0.2, 0) is 13.5 Å². The van der Waals surface area contributed by atoms with Gasteiger partial charge in [0.1, 0.15) is 0 Å². The Morgan fingerprint density at radius 3 is 2.94 bits per heavy atom. The molecule has 0 radical (unpaired) electrons. The summed E-state index contributed by atoms with van der Waals surface area (Å²) in [5.74, 6) is 0.807. The molecule has 3 nitrogen and oxygen atoms in total. The predicted molar refractivity (Wildman–Crippen MR) is 66.3 cm³/mol. The number of hydrogen-bond acceptors (Lipinski definition) is 2. The molecule has 0 aliphatic heterocycles. The Morgan fingerprint density at radius 2 is 2.31 bits per heavy atom. The number of hydrogen-bond donors (Lipinski definition) is 1. The van der Waals surface area contributed by atoms with Gasteiger partial charge in [0, 0.05) is 25.0 Å². The molecule has 1 aliphatic rings. The van der Waals surface area contributed by atoms with Crippen LogP contribution in [0.3, 0.4) is 0 Å². The van der Waals surface area contributed by atoms with Gasteiger partial charge in [-0.2, -0.15) is 5.10 Å². The highest BCUT2D eigenvalue weighted by Gasteiger charge is 2.19. The molecule has 1 saturated carbocycles. The number of aryl methyl sites for hydroxylation is 2. The van der Waals surface area contributed by atoms with E-state index < -0.39 is 0 Å². The second kappa shape index (κ2) is 5.48. The zero-order valence-electron chi connectivity index (χ0n) is 10.4. The van der Waals surface area contributed by atoms with E-state index in [1.165, 1.54) is 37.9 Å². The minimum absolute atomic E-state index is 0.807. The van der Waals surface area contributed by atoms with Crippen LogP contribution in [0.25, 0.3) is 0 Å². The van der Waals surface area contributed by atoms with E-state index in [4.69, 9.17) is 0 Å². The van der Waals surface area contributed by atoms with E-state index in [0.29, 0.717) is 0 Å². The van der Waals surface area contributed by atoms with Gasteiger partial charge in [0.05, 0.1) is 0 Å². The van der Waals surface area contributed by atoms with Gasteiger partial charge in [-0.05, 0) is 50.6 Å². The summed E-state index contributed by atoms with van der Waals surface area (Å²) in [5.41, 5.74) is 1.35. The van der Waals surface area contributed by atoms with Crippen molar-refractivity contribution in [2.24, 2.45) is 13.0 Å². The molecule has 0 spiro atoms. The Kier molecular flexibility index (Phi) is 3.99. The maximum atomic E-state index is 4.19. The number of rotatable bonds is 7. The first-order valence-electron chi connectivity index (χ1n) is 6.46. The lowest BCUT2D eigenvalue weighted by atomic mass is 10.0. The first kappa shape index (κ1) is 11.6. The van der Waals surface area contributed by atoms with Crippen molar-refractivity contribution in [3.8, 4) is 0 Å². The minimum atomic E-state index is 0.807. The Labute approximate surface area is 98.2 Å². The summed E-state index contributed by atoms with van der Waals surface area (Å²) < 4.78 is 1.98. The maximum absolute atomic E-state index is 4.19. The van der Waals surface area contributed by atoms with Gasteiger partial charge in [-0.1, -0.05) is 6.92 Å². The average molecular weight is 221 g/mol. The van der Waals surface area contributed by atoms with E-state index in [1.807, 2.05) is 17.9 Å². The van der Waals surface area contributed by atoms with Gasteiger partial charge < -0.3 is 5.32 Å².